The van der Waals surface area contributed by atoms with E-state index in [0.717, 1.165) is 0 Å². The Morgan fingerprint density at radius 3 is 2.89 bits per heavy atom. The lowest BCUT2D eigenvalue weighted by atomic mass is 10.1. The second kappa shape index (κ2) is 3.94. The van der Waals surface area contributed by atoms with Crippen molar-refractivity contribution >= 4 is 11.9 Å². The minimum Gasteiger partial charge on any atom is -0.476 e. The molecule has 0 radical (unpaired) electrons. The van der Waals surface area contributed by atoms with Crippen molar-refractivity contribution in [3.8, 4) is 5.69 Å². The lowest BCUT2D eigenvalue weighted by Gasteiger charge is -2.08. The van der Waals surface area contributed by atoms with E-state index in [1.807, 2.05) is 0 Å². The van der Waals surface area contributed by atoms with Crippen LogP contribution >= 0.6 is 0 Å². The molecule has 0 aliphatic carbocycles. The maximum atomic E-state index is 12.0. The lowest BCUT2D eigenvalue weighted by Crippen LogP contribution is -2.22. The van der Waals surface area contributed by atoms with Gasteiger partial charge in [-0.1, -0.05) is 12.1 Å². The molecule has 1 amide bonds. The first-order valence-corrected chi connectivity index (χ1v) is 5.78. The van der Waals surface area contributed by atoms with Crippen LogP contribution in [-0.4, -0.2) is 26.5 Å². The fourth-order valence-corrected chi connectivity index (χ4v) is 2.35. The molecule has 0 saturated carbocycles. The Balaban J connectivity index is 2.35. The van der Waals surface area contributed by atoms with Gasteiger partial charge in [0.15, 0.2) is 5.69 Å². The van der Waals surface area contributed by atoms with E-state index >= 15 is 0 Å². The molecule has 1 aromatic heterocycles. The minimum absolute atomic E-state index is 0.0190. The van der Waals surface area contributed by atoms with Gasteiger partial charge in [-0.05, 0) is 19.1 Å². The van der Waals surface area contributed by atoms with Gasteiger partial charge in [0.1, 0.15) is 5.82 Å². The van der Waals surface area contributed by atoms with E-state index in [-0.39, 0.29) is 18.1 Å². The summed E-state index contributed by atoms with van der Waals surface area (Å²) in [5, 5.41) is 11.9. The van der Waals surface area contributed by atoms with Crippen molar-refractivity contribution in [1.82, 2.24) is 14.9 Å². The summed E-state index contributed by atoms with van der Waals surface area (Å²) in [5.74, 6) is -0.753. The van der Waals surface area contributed by atoms with E-state index in [0.29, 0.717) is 22.8 Å². The number of nitrogens with one attached hydrogen (secondary N) is 1. The molecule has 0 unspecified atom stereocenters. The number of nitrogens with zero attached hydrogens (tertiary/aromatic N) is 2. The number of hydrogen-bond donors (Lipinski definition) is 2. The van der Waals surface area contributed by atoms with Crippen LogP contribution in [0.5, 0.6) is 0 Å². The van der Waals surface area contributed by atoms with Gasteiger partial charge in [0.25, 0.3) is 5.91 Å². The number of hydrogen-bond acceptors (Lipinski definition) is 3. The first kappa shape index (κ1) is 11.5. The van der Waals surface area contributed by atoms with E-state index in [1.54, 1.807) is 35.8 Å². The molecule has 0 saturated heterocycles. The van der Waals surface area contributed by atoms with Crippen molar-refractivity contribution in [1.29, 1.82) is 0 Å². The van der Waals surface area contributed by atoms with E-state index in [1.165, 1.54) is 0 Å². The number of carbonyl (C=O) groups excluding carboxylic acids is 1. The van der Waals surface area contributed by atoms with Gasteiger partial charge in [-0.3, -0.25) is 9.36 Å². The van der Waals surface area contributed by atoms with Crippen LogP contribution in [0.15, 0.2) is 24.3 Å². The summed E-state index contributed by atoms with van der Waals surface area (Å²) < 4.78 is 1.72. The average molecular weight is 257 g/mol. The number of amides is 1. The lowest BCUT2D eigenvalue weighted by molar-refractivity contribution is 0.0688. The third kappa shape index (κ3) is 1.61. The molecule has 96 valence electrons. The molecule has 1 aliphatic heterocycles. The summed E-state index contributed by atoms with van der Waals surface area (Å²) in [6.07, 6.45) is 0. The molecule has 2 N–H and O–H groups in total. The standard InChI is InChI=1S/C13H11N3O3/c1-7-15-11(13(18)19)10-6-14-12(17)8-4-2-3-5-9(8)16(7)10/h2-5H,6H2,1H3,(H,14,17)(H,18,19). The number of fused-ring (bicyclic) bond motifs is 3. The van der Waals surface area contributed by atoms with Crippen molar-refractivity contribution < 1.29 is 14.7 Å². The molecule has 0 bridgehead atoms. The Hall–Kier alpha value is -2.63. The van der Waals surface area contributed by atoms with Crippen LogP contribution in [0.4, 0.5) is 0 Å². The van der Waals surface area contributed by atoms with Crippen LogP contribution in [-0.2, 0) is 6.54 Å². The third-order valence-corrected chi connectivity index (χ3v) is 3.15. The molecular weight excluding hydrogens is 246 g/mol. The largest absolute Gasteiger partial charge is 0.476 e. The number of aryl methyl sites for hydroxylation is 1. The van der Waals surface area contributed by atoms with E-state index < -0.39 is 5.97 Å². The Kier molecular flexibility index (Phi) is 2.38. The quantitative estimate of drug-likeness (QED) is 0.801. The average Bonchev–Trinajstić information content (AvgIpc) is 2.65. The monoisotopic (exact) mass is 257 g/mol. The fraction of sp³-hybridized carbons (Fsp3) is 0.154. The van der Waals surface area contributed by atoms with Crippen LogP contribution in [0.3, 0.4) is 0 Å². The zero-order valence-corrected chi connectivity index (χ0v) is 10.2. The highest BCUT2D eigenvalue weighted by Gasteiger charge is 2.26. The smallest absolute Gasteiger partial charge is 0.356 e. The summed E-state index contributed by atoms with van der Waals surface area (Å²) >= 11 is 0. The molecule has 19 heavy (non-hydrogen) atoms. The summed E-state index contributed by atoms with van der Waals surface area (Å²) in [5.41, 5.74) is 1.64. The number of carboxylic acids is 1. The normalized spacial score (nSPS) is 13.2. The molecule has 0 fully saturated rings. The fourth-order valence-electron chi connectivity index (χ4n) is 2.35. The molecule has 0 spiro atoms. The van der Waals surface area contributed by atoms with Crippen molar-refractivity contribution in [2.24, 2.45) is 0 Å². The van der Waals surface area contributed by atoms with Gasteiger partial charge in [-0.15, -0.1) is 0 Å². The Morgan fingerprint density at radius 2 is 2.16 bits per heavy atom. The van der Waals surface area contributed by atoms with Gasteiger partial charge in [-0.2, -0.15) is 0 Å². The molecule has 1 aliphatic rings. The van der Waals surface area contributed by atoms with Crippen molar-refractivity contribution in [2.45, 2.75) is 13.5 Å². The Morgan fingerprint density at radius 1 is 1.42 bits per heavy atom. The number of para-hydroxylation sites is 1. The second-order valence-electron chi connectivity index (χ2n) is 4.29. The van der Waals surface area contributed by atoms with Gasteiger partial charge in [0, 0.05) is 0 Å². The SMILES string of the molecule is Cc1nc(C(=O)O)c2n1-c1ccccc1C(=O)NC2. The zero-order valence-electron chi connectivity index (χ0n) is 10.2. The highest BCUT2D eigenvalue weighted by molar-refractivity contribution is 5.99. The number of aromatic carboxylic acids is 1. The number of aromatic nitrogens is 2. The molecule has 0 atom stereocenters. The van der Waals surface area contributed by atoms with E-state index in [2.05, 4.69) is 10.3 Å². The van der Waals surface area contributed by atoms with Crippen molar-refractivity contribution in [3.05, 3.63) is 47.0 Å². The molecule has 6 heteroatoms. The first-order valence-electron chi connectivity index (χ1n) is 5.78. The van der Waals surface area contributed by atoms with Crippen LogP contribution in [0.1, 0.15) is 32.4 Å². The number of benzene rings is 1. The summed E-state index contributed by atoms with van der Waals surface area (Å²) in [6.45, 7) is 1.87. The van der Waals surface area contributed by atoms with Gasteiger partial charge in [0.2, 0.25) is 0 Å². The van der Waals surface area contributed by atoms with Crippen LogP contribution in [0.2, 0.25) is 0 Å². The molecule has 1 aromatic carbocycles. The zero-order chi connectivity index (χ0) is 13.6. The molecule has 6 nitrogen and oxygen atoms in total. The van der Waals surface area contributed by atoms with Gasteiger partial charge >= 0.3 is 5.97 Å². The maximum Gasteiger partial charge on any atom is 0.356 e. The van der Waals surface area contributed by atoms with Gasteiger partial charge in [-0.25, -0.2) is 9.78 Å². The second-order valence-corrected chi connectivity index (χ2v) is 4.29. The third-order valence-electron chi connectivity index (χ3n) is 3.15. The molecular formula is C13H11N3O3. The maximum absolute atomic E-state index is 12.0. The highest BCUT2D eigenvalue weighted by Crippen LogP contribution is 2.24. The van der Waals surface area contributed by atoms with Crippen molar-refractivity contribution in [3.63, 3.8) is 0 Å². The molecule has 2 heterocycles. The summed E-state index contributed by atoms with van der Waals surface area (Å²) in [4.78, 5) is 27.2. The highest BCUT2D eigenvalue weighted by atomic mass is 16.4. The number of imidazole rings is 1. The summed E-state index contributed by atoms with van der Waals surface area (Å²) in [7, 11) is 0. The number of carbonyl (C=O) groups is 2. The molecule has 3 rings (SSSR count). The van der Waals surface area contributed by atoms with Crippen LogP contribution in [0.25, 0.3) is 5.69 Å². The molecule has 2 aromatic rings. The predicted molar refractivity (Wildman–Crippen MR) is 66.4 cm³/mol. The topological polar surface area (TPSA) is 84.2 Å². The van der Waals surface area contributed by atoms with Gasteiger partial charge in [0.05, 0.1) is 23.5 Å². The van der Waals surface area contributed by atoms with E-state index in [9.17, 15) is 14.7 Å². The Labute approximate surface area is 108 Å². The predicted octanol–water partition coefficient (Wildman–Crippen LogP) is 1.12. The number of carboxylic acid groups (broad SMARTS) is 1. The Bertz CT molecular complexity index is 703. The number of rotatable bonds is 1. The van der Waals surface area contributed by atoms with Crippen LogP contribution in [0, 0.1) is 6.92 Å². The van der Waals surface area contributed by atoms with Crippen LogP contribution < -0.4 is 5.32 Å². The van der Waals surface area contributed by atoms with E-state index in [4.69, 9.17) is 0 Å². The van der Waals surface area contributed by atoms with Crippen molar-refractivity contribution in [2.75, 3.05) is 0 Å². The first-order chi connectivity index (χ1) is 9.09. The minimum atomic E-state index is -1.09. The summed E-state index contributed by atoms with van der Waals surface area (Å²) in [6, 6.07) is 7.07. The van der Waals surface area contributed by atoms with Gasteiger partial charge < -0.3 is 10.4 Å².